The van der Waals surface area contributed by atoms with Gasteiger partial charge < -0.3 is 15.4 Å². The van der Waals surface area contributed by atoms with Crippen LogP contribution in [0, 0.1) is 5.82 Å². The number of rotatable bonds is 9. The molecule has 192 valence electrons. The molecule has 0 aliphatic rings. The number of ether oxygens (including phenoxy) is 1. The van der Waals surface area contributed by atoms with Crippen molar-refractivity contribution < 1.29 is 40.3 Å². The summed E-state index contributed by atoms with van der Waals surface area (Å²) in [5.41, 5.74) is 5.91. The first kappa shape index (κ1) is 26.8. The number of nitrogens with two attached hydrogens (primary N) is 1. The fourth-order valence-electron chi connectivity index (χ4n) is 3.73. The molecular formula is C25H21F7N2O2. The summed E-state index contributed by atoms with van der Waals surface area (Å²) >= 11 is 0. The van der Waals surface area contributed by atoms with Crippen LogP contribution in [0.3, 0.4) is 0 Å². The number of hydrogen-bond acceptors (Lipinski definition) is 3. The number of nitrogens with zero attached hydrogens (tertiary/aromatic N) is 1. The Bertz CT molecular complexity index is 1160. The van der Waals surface area contributed by atoms with Gasteiger partial charge in [0, 0.05) is 18.3 Å². The van der Waals surface area contributed by atoms with Gasteiger partial charge in [0.15, 0.2) is 11.6 Å². The van der Waals surface area contributed by atoms with Crippen LogP contribution in [0.15, 0.2) is 72.8 Å². The highest BCUT2D eigenvalue weighted by atomic mass is 19.4. The van der Waals surface area contributed by atoms with Crippen LogP contribution in [0.2, 0.25) is 0 Å². The van der Waals surface area contributed by atoms with E-state index in [0.717, 1.165) is 24.3 Å². The Hall–Kier alpha value is -3.76. The largest absolute Gasteiger partial charge is 0.573 e. The normalized spacial score (nSPS) is 12.8. The Balaban J connectivity index is 1.91. The van der Waals surface area contributed by atoms with Gasteiger partial charge >= 0.3 is 12.5 Å². The quantitative estimate of drug-likeness (QED) is 0.336. The van der Waals surface area contributed by atoms with Crippen molar-refractivity contribution in [3.63, 3.8) is 0 Å². The molecule has 1 amide bonds. The first-order chi connectivity index (χ1) is 16.8. The third-order valence-corrected chi connectivity index (χ3v) is 5.31. The molecule has 0 unspecified atom stereocenters. The van der Waals surface area contributed by atoms with Crippen LogP contribution in [0.1, 0.15) is 29.2 Å². The Morgan fingerprint density at radius 1 is 0.917 bits per heavy atom. The summed E-state index contributed by atoms with van der Waals surface area (Å²) in [6.45, 7) is 0.0562. The monoisotopic (exact) mass is 514 g/mol. The molecule has 36 heavy (non-hydrogen) atoms. The number of benzene rings is 3. The second-order valence-electron chi connectivity index (χ2n) is 7.87. The summed E-state index contributed by atoms with van der Waals surface area (Å²) in [6, 6.07) is 14.4. The van der Waals surface area contributed by atoms with Crippen molar-refractivity contribution in [3.05, 3.63) is 95.3 Å². The molecule has 0 fully saturated rings. The molecule has 0 aliphatic carbocycles. The molecular weight excluding hydrogens is 493 g/mol. The van der Waals surface area contributed by atoms with Gasteiger partial charge in [0.25, 0.3) is 0 Å². The lowest BCUT2D eigenvalue weighted by Gasteiger charge is -2.32. The molecule has 2 N–H and O–H groups in total. The van der Waals surface area contributed by atoms with E-state index in [1.807, 2.05) is 0 Å². The van der Waals surface area contributed by atoms with Crippen LogP contribution < -0.4 is 15.4 Å². The van der Waals surface area contributed by atoms with E-state index in [0.29, 0.717) is 17.5 Å². The van der Waals surface area contributed by atoms with Crippen molar-refractivity contribution in [1.29, 1.82) is 0 Å². The average molecular weight is 514 g/mol. The fraction of sp³-hybridized carbons (Fsp3) is 0.240. The molecule has 11 heteroatoms. The summed E-state index contributed by atoms with van der Waals surface area (Å²) < 4.78 is 94.4. The van der Waals surface area contributed by atoms with Crippen LogP contribution in [-0.4, -0.2) is 18.8 Å². The minimum Gasteiger partial charge on any atom is -0.403 e. The molecule has 0 saturated heterocycles. The third-order valence-electron chi connectivity index (χ3n) is 5.31. The number of alkyl halides is 6. The summed E-state index contributed by atoms with van der Waals surface area (Å²) in [7, 11) is 0. The predicted octanol–water partition coefficient (Wildman–Crippen LogP) is 6.41. The number of carbonyl (C=O) groups is 1. The average Bonchev–Trinajstić information content (AvgIpc) is 2.79. The van der Waals surface area contributed by atoms with Crippen molar-refractivity contribution in [2.24, 2.45) is 5.73 Å². The smallest absolute Gasteiger partial charge is 0.403 e. The lowest BCUT2D eigenvalue weighted by atomic mass is 10.0. The maximum atomic E-state index is 14.0. The van der Waals surface area contributed by atoms with Crippen molar-refractivity contribution in [3.8, 4) is 5.75 Å². The van der Waals surface area contributed by atoms with E-state index in [9.17, 15) is 35.5 Å². The number of carbonyl (C=O) groups excluding carboxylic acids is 1. The second kappa shape index (κ2) is 10.9. The number of aryl methyl sites for hydroxylation is 1. The van der Waals surface area contributed by atoms with Crippen molar-refractivity contribution >= 4 is 11.6 Å². The van der Waals surface area contributed by atoms with Gasteiger partial charge in [-0.05, 0) is 48.2 Å². The minimum atomic E-state index is -5.14. The maximum absolute atomic E-state index is 14.0. The van der Waals surface area contributed by atoms with Gasteiger partial charge in [0.05, 0.1) is 5.56 Å². The number of primary amides is 1. The second-order valence-corrected chi connectivity index (χ2v) is 7.87. The van der Waals surface area contributed by atoms with Crippen molar-refractivity contribution in [2.75, 3.05) is 11.4 Å². The summed E-state index contributed by atoms with van der Waals surface area (Å²) in [4.78, 5) is 13.9. The van der Waals surface area contributed by atoms with Crippen LogP contribution in [-0.2, 0) is 17.4 Å². The van der Waals surface area contributed by atoms with Gasteiger partial charge in [-0.25, -0.2) is 4.39 Å². The SMILES string of the molecule is NC(=O)[C@@H](c1ccccc1)N(CCCc1ccc(C(F)(F)F)cc1)c1ccc(F)c(OC(F)(F)F)c1. The van der Waals surface area contributed by atoms with Gasteiger partial charge in [-0.2, -0.15) is 13.2 Å². The Labute approximate surface area is 202 Å². The van der Waals surface area contributed by atoms with E-state index in [4.69, 9.17) is 5.73 Å². The van der Waals surface area contributed by atoms with E-state index in [1.54, 1.807) is 30.3 Å². The zero-order valence-electron chi connectivity index (χ0n) is 18.6. The summed E-state index contributed by atoms with van der Waals surface area (Å²) in [5.74, 6) is -3.14. The highest BCUT2D eigenvalue weighted by Crippen LogP contribution is 2.34. The lowest BCUT2D eigenvalue weighted by Crippen LogP contribution is -2.39. The number of anilines is 1. The van der Waals surface area contributed by atoms with Crippen LogP contribution in [0.4, 0.5) is 36.4 Å². The van der Waals surface area contributed by atoms with Gasteiger partial charge in [-0.15, -0.1) is 13.2 Å². The molecule has 0 bridgehead atoms. The molecule has 3 aromatic rings. The highest BCUT2D eigenvalue weighted by molar-refractivity contribution is 5.85. The maximum Gasteiger partial charge on any atom is 0.573 e. The van der Waals surface area contributed by atoms with Gasteiger partial charge in [0.1, 0.15) is 6.04 Å². The first-order valence-electron chi connectivity index (χ1n) is 10.7. The number of amides is 1. The third kappa shape index (κ3) is 7.12. The van der Waals surface area contributed by atoms with E-state index >= 15 is 0 Å². The molecule has 0 saturated carbocycles. The topological polar surface area (TPSA) is 55.6 Å². The zero-order chi connectivity index (χ0) is 26.5. The Morgan fingerprint density at radius 3 is 2.11 bits per heavy atom. The zero-order valence-corrected chi connectivity index (χ0v) is 18.6. The Morgan fingerprint density at radius 2 is 1.56 bits per heavy atom. The molecule has 4 nitrogen and oxygen atoms in total. The standard InChI is InChI=1S/C25H21F7N2O2/c26-20-13-12-19(15-21(20)36-25(30,31)32)34(22(23(33)35)17-6-2-1-3-7-17)14-4-5-16-8-10-18(11-9-16)24(27,28)29/h1-3,6-13,15,22H,4-5,14H2,(H2,33,35)/t22-/m1/s1. The molecule has 0 spiro atoms. The summed E-state index contributed by atoms with van der Waals surface area (Å²) in [6.07, 6.45) is -9.04. The molecule has 0 aliphatic heterocycles. The van der Waals surface area contributed by atoms with E-state index in [1.165, 1.54) is 23.1 Å². The van der Waals surface area contributed by atoms with Crippen molar-refractivity contribution in [2.45, 2.75) is 31.4 Å². The van der Waals surface area contributed by atoms with E-state index in [-0.39, 0.29) is 18.7 Å². The fourth-order valence-corrected chi connectivity index (χ4v) is 3.73. The van der Waals surface area contributed by atoms with Gasteiger partial charge in [0.2, 0.25) is 5.91 Å². The predicted molar refractivity (Wildman–Crippen MR) is 119 cm³/mol. The number of halogens is 7. The lowest BCUT2D eigenvalue weighted by molar-refractivity contribution is -0.275. The van der Waals surface area contributed by atoms with E-state index in [2.05, 4.69) is 4.74 Å². The van der Waals surface area contributed by atoms with Crippen molar-refractivity contribution in [1.82, 2.24) is 0 Å². The minimum absolute atomic E-state index is 0.0377. The number of hydrogen-bond donors (Lipinski definition) is 1. The van der Waals surface area contributed by atoms with Crippen LogP contribution in [0.25, 0.3) is 0 Å². The molecule has 0 heterocycles. The molecule has 0 aromatic heterocycles. The molecule has 1 atom stereocenters. The van der Waals surface area contributed by atoms with Gasteiger partial charge in [-0.1, -0.05) is 42.5 Å². The highest BCUT2D eigenvalue weighted by Gasteiger charge is 2.34. The molecule has 3 rings (SSSR count). The van der Waals surface area contributed by atoms with Gasteiger partial charge in [-0.3, -0.25) is 4.79 Å². The Kier molecular flexibility index (Phi) is 8.11. The first-order valence-corrected chi connectivity index (χ1v) is 10.7. The molecule has 3 aromatic carbocycles. The van der Waals surface area contributed by atoms with Crippen LogP contribution in [0.5, 0.6) is 5.75 Å². The van der Waals surface area contributed by atoms with Crippen LogP contribution >= 0.6 is 0 Å². The van der Waals surface area contributed by atoms with E-state index < -0.39 is 41.6 Å². The molecule has 0 radical (unpaired) electrons. The summed E-state index contributed by atoms with van der Waals surface area (Å²) in [5, 5.41) is 0.